The lowest BCUT2D eigenvalue weighted by atomic mass is 10.0. The molecule has 0 aromatic rings. The van der Waals surface area contributed by atoms with E-state index in [-0.39, 0.29) is 25.4 Å². The average Bonchev–Trinajstić information content (AvgIpc) is 1.98. The zero-order valence-corrected chi connectivity index (χ0v) is 7.77. The van der Waals surface area contributed by atoms with Gasteiger partial charge in [-0.15, -0.1) is 0 Å². The first kappa shape index (κ1) is 9.88. The molecule has 2 N–H and O–H groups in total. The molecule has 0 aromatic carbocycles. The number of hydrogen-bond acceptors (Lipinski definition) is 3. The van der Waals surface area contributed by atoms with Crippen molar-refractivity contribution < 1.29 is 12.8 Å². The molecular formula is C6H13FN2O2S. The van der Waals surface area contributed by atoms with Crippen molar-refractivity contribution in [3.63, 3.8) is 0 Å². The maximum atomic E-state index is 13.1. The highest BCUT2D eigenvalue weighted by molar-refractivity contribution is 7.89. The first-order valence-corrected chi connectivity index (χ1v) is 5.41. The van der Waals surface area contributed by atoms with Crippen LogP contribution in [0.2, 0.25) is 0 Å². The Bertz CT molecular complexity index is 259. The van der Waals surface area contributed by atoms with Crippen LogP contribution in [-0.4, -0.2) is 43.8 Å². The zero-order chi connectivity index (χ0) is 9.41. The fourth-order valence-corrected chi connectivity index (χ4v) is 2.32. The maximum absolute atomic E-state index is 13.1. The lowest BCUT2D eigenvalue weighted by Crippen LogP contribution is -2.64. The topological polar surface area (TPSA) is 63.4 Å². The van der Waals surface area contributed by atoms with Crippen molar-refractivity contribution in [1.29, 1.82) is 0 Å². The van der Waals surface area contributed by atoms with E-state index in [4.69, 9.17) is 5.73 Å². The SMILES string of the molecule is CCS(=O)(=O)N1CC(F)(CN)C1. The van der Waals surface area contributed by atoms with Gasteiger partial charge in [0.2, 0.25) is 10.0 Å². The first-order valence-electron chi connectivity index (χ1n) is 3.80. The molecule has 0 bridgehead atoms. The van der Waals surface area contributed by atoms with Crippen LogP contribution in [0.5, 0.6) is 0 Å². The van der Waals surface area contributed by atoms with Gasteiger partial charge in [0.15, 0.2) is 5.67 Å². The van der Waals surface area contributed by atoms with Crippen molar-refractivity contribution in [1.82, 2.24) is 4.31 Å². The van der Waals surface area contributed by atoms with Crippen LogP contribution in [0.1, 0.15) is 6.92 Å². The summed E-state index contributed by atoms with van der Waals surface area (Å²) < 4.78 is 36.5. The van der Waals surface area contributed by atoms with E-state index in [1.807, 2.05) is 0 Å². The summed E-state index contributed by atoms with van der Waals surface area (Å²) in [5, 5.41) is 0. The average molecular weight is 196 g/mol. The Balaban J connectivity index is 2.56. The van der Waals surface area contributed by atoms with Gasteiger partial charge in [-0.2, -0.15) is 4.31 Å². The largest absolute Gasteiger partial charge is 0.327 e. The van der Waals surface area contributed by atoms with Gasteiger partial charge in [-0.05, 0) is 6.92 Å². The number of halogens is 1. The van der Waals surface area contributed by atoms with Gasteiger partial charge in [0.05, 0.1) is 18.8 Å². The highest BCUT2D eigenvalue weighted by Gasteiger charge is 2.47. The summed E-state index contributed by atoms with van der Waals surface area (Å²) in [6, 6.07) is 0. The van der Waals surface area contributed by atoms with Crippen molar-refractivity contribution in [3.8, 4) is 0 Å². The number of sulfonamides is 1. The molecule has 1 aliphatic rings. The second kappa shape index (κ2) is 2.93. The minimum atomic E-state index is -3.20. The normalized spacial score (nSPS) is 23.6. The van der Waals surface area contributed by atoms with Gasteiger partial charge >= 0.3 is 0 Å². The van der Waals surface area contributed by atoms with Gasteiger partial charge in [0.25, 0.3) is 0 Å². The Hall–Kier alpha value is -0.200. The quantitative estimate of drug-likeness (QED) is 0.650. The van der Waals surface area contributed by atoms with Crippen LogP contribution in [0.15, 0.2) is 0 Å². The van der Waals surface area contributed by atoms with Crippen LogP contribution in [-0.2, 0) is 10.0 Å². The monoisotopic (exact) mass is 196 g/mol. The predicted octanol–water partition coefficient (Wildman–Crippen LogP) is -0.681. The highest BCUT2D eigenvalue weighted by Crippen LogP contribution is 2.26. The zero-order valence-electron chi connectivity index (χ0n) is 6.96. The molecule has 0 saturated carbocycles. The third kappa shape index (κ3) is 1.60. The lowest BCUT2D eigenvalue weighted by molar-refractivity contribution is 0.0303. The minimum Gasteiger partial charge on any atom is -0.327 e. The van der Waals surface area contributed by atoms with Crippen molar-refractivity contribution in [2.75, 3.05) is 25.4 Å². The van der Waals surface area contributed by atoms with E-state index in [9.17, 15) is 12.8 Å². The van der Waals surface area contributed by atoms with E-state index in [1.54, 1.807) is 0 Å². The van der Waals surface area contributed by atoms with Crippen LogP contribution < -0.4 is 5.73 Å². The van der Waals surface area contributed by atoms with Gasteiger partial charge in [-0.25, -0.2) is 12.8 Å². The molecular weight excluding hydrogens is 183 g/mol. The second-order valence-electron chi connectivity index (χ2n) is 3.02. The van der Waals surface area contributed by atoms with Crippen molar-refractivity contribution in [2.24, 2.45) is 5.73 Å². The summed E-state index contributed by atoms with van der Waals surface area (Å²) in [7, 11) is -3.20. The van der Waals surface area contributed by atoms with E-state index in [0.29, 0.717) is 0 Å². The molecule has 6 heteroatoms. The smallest absolute Gasteiger partial charge is 0.214 e. The number of nitrogens with zero attached hydrogens (tertiary/aromatic N) is 1. The van der Waals surface area contributed by atoms with E-state index < -0.39 is 15.7 Å². The fourth-order valence-electron chi connectivity index (χ4n) is 1.09. The van der Waals surface area contributed by atoms with Crippen LogP contribution in [0.4, 0.5) is 4.39 Å². The van der Waals surface area contributed by atoms with Gasteiger partial charge in [0.1, 0.15) is 0 Å². The van der Waals surface area contributed by atoms with E-state index in [0.717, 1.165) is 4.31 Å². The molecule has 0 spiro atoms. The van der Waals surface area contributed by atoms with Crippen LogP contribution >= 0.6 is 0 Å². The van der Waals surface area contributed by atoms with E-state index in [2.05, 4.69) is 0 Å². The van der Waals surface area contributed by atoms with Crippen LogP contribution in [0.3, 0.4) is 0 Å². The lowest BCUT2D eigenvalue weighted by Gasteiger charge is -2.42. The molecule has 1 fully saturated rings. The molecule has 1 saturated heterocycles. The standard InChI is InChI=1S/C6H13FN2O2S/c1-2-12(10,11)9-4-6(7,3-8)5-9/h2-5,8H2,1H3. The van der Waals surface area contributed by atoms with Gasteiger partial charge in [-0.3, -0.25) is 0 Å². The van der Waals surface area contributed by atoms with Crippen molar-refractivity contribution in [3.05, 3.63) is 0 Å². The molecule has 0 radical (unpaired) electrons. The number of hydrogen-bond donors (Lipinski definition) is 1. The highest BCUT2D eigenvalue weighted by atomic mass is 32.2. The minimum absolute atomic E-state index is 0.0215. The summed E-state index contributed by atoms with van der Waals surface area (Å²) in [5.74, 6) is 0.0215. The molecule has 1 rings (SSSR count). The Morgan fingerprint density at radius 2 is 2.08 bits per heavy atom. The summed E-state index contributed by atoms with van der Waals surface area (Å²) in [6.45, 7) is 1.26. The Kier molecular flexibility index (Phi) is 2.42. The number of alkyl halides is 1. The second-order valence-corrected chi connectivity index (χ2v) is 5.28. The molecule has 0 aromatic heterocycles. The van der Waals surface area contributed by atoms with Gasteiger partial charge in [0, 0.05) is 6.54 Å². The molecule has 72 valence electrons. The third-order valence-corrected chi connectivity index (χ3v) is 3.82. The van der Waals surface area contributed by atoms with Gasteiger partial charge in [-0.1, -0.05) is 0 Å². The molecule has 0 aliphatic carbocycles. The number of rotatable bonds is 3. The molecule has 0 atom stereocenters. The molecule has 0 unspecified atom stereocenters. The molecule has 0 amide bonds. The van der Waals surface area contributed by atoms with E-state index >= 15 is 0 Å². The summed E-state index contributed by atoms with van der Waals surface area (Å²) >= 11 is 0. The first-order chi connectivity index (χ1) is 5.43. The fraction of sp³-hybridized carbons (Fsp3) is 1.00. The third-order valence-electron chi connectivity index (χ3n) is 2.04. The Labute approximate surface area is 71.6 Å². The summed E-state index contributed by atoms with van der Waals surface area (Å²) in [4.78, 5) is 0. The van der Waals surface area contributed by atoms with Crippen LogP contribution in [0, 0.1) is 0 Å². The van der Waals surface area contributed by atoms with Gasteiger partial charge < -0.3 is 5.73 Å². The Morgan fingerprint density at radius 1 is 1.58 bits per heavy atom. The van der Waals surface area contributed by atoms with Crippen molar-refractivity contribution in [2.45, 2.75) is 12.6 Å². The summed E-state index contributed by atoms with van der Waals surface area (Å²) in [5.41, 5.74) is 3.63. The van der Waals surface area contributed by atoms with E-state index in [1.165, 1.54) is 6.92 Å². The molecule has 1 aliphatic heterocycles. The molecule has 1 heterocycles. The predicted molar refractivity (Wildman–Crippen MR) is 43.9 cm³/mol. The molecule has 12 heavy (non-hydrogen) atoms. The summed E-state index contributed by atoms with van der Waals surface area (Å²) in [6.07, 6.45) is 0. The van der Waals surface area contributed by atoms with Crippen molar-refractivity contribution >= 4 is 10.0 Å². The Morgan fingerprint density at radius 3 is 2.42 bits per heavy atom. The number of nitrogens with two attached hydrogens (primary N) is 1. The van der Waals surface area contributed by atoms with Crippen LogP contribution in [0.25, 0.3) is 0 Å². The maximum Gasteiger partial charge on any atom is 0.214 e. The molecule has 4 nitrogen and oxygen atoms in total.